The number of benzene rings is 1. The highest BCUT2D eigenvalue weighted by Gasteiger charge is 2.32. The first kappa shape index (κ1) is 14.8. The molecule has 0 bridgehead atoms. The maximum Gasteiger partial charge on any atom is 0.416 e. The van der Waals surface area contributed by atoms with Gasteiger partial charge in [-0.2, -0.15) is 13.2 Å². The van der Waals surface area contributed by atoms with E-state index in [1.165, 1.54) is 18.4 Å². The molecule has 22 heavy (non-hydrogen) atoms. The maximum absolute atomic E-state index is 12.9. The monoisotopic (exact) mass is 311 g/mol. The van der Waals surface area contributed by atoms with Gasteiger partial charge in [0.25, 0.3) is 0 Å². The zero-order valence-corrected chi connectivity index (χ0v) is 11.9. The van der Waals surface area contributed by atoms with Gasteiger partial charge in [0, 0.05) is 13.1 Å². The van der Waals surface area contributed by atoms with E-state index in [0.717, 1.165) is 32.0 Å². The standard InChI is InChI=1S/C16H16F3NO2/c17-16(18,19)12-5-6-15(22-11-13-4-3-9-21-13)14(10-12)20-7-1-2-8-20/h3-6,9-10H,1-2,7-8,11H2. The van der Waals surface area contributed by atoms with E-state index in [1.54, 1.807) is 12.1 Å². The molecule has 0 atom stereocenters. The smallest absolute Gasteiger partial charge is 0.416 e. The number of halogens is 3. The van der Waals surface area contributed by atoms with Crippen LogP contribution in [0.4, 0.5) is 18.9 Å². The first-order chi connectivity index (χ1) is 10.5. The van der Waals surface area contributed by atoms with Gasteiger partial charge < -0.3 is 14.1 Å². The Morgan fingerprint density at radius 3 is 2.55 bits per heavy atom. The van der Waals surface area contributed by atoms with E-state index in [9.17, 15) is 13.2 Å². The highest BCUT2D eigenvalue weighted by atomic mass is 19.4. The molecule has 2 heterocycles. The molecule has 0 N–H and O–H groups in total. The molecule has 1 aliphatic heterocycles. The van der Waals surface area contributed by atoms with Crippen LogP contribution in [0.25, 0.3) is 0 Å². The molecule has 1 aromatic carbocycles. The first-order valence-electron chi connectivity index (χ1n) is 7.15. The van der Waals surface area contributed by atoms with E-state index in [1.807, 2.05) is 4.90 Å². The number of anilines is 1. The van der Waals surface area contributed by atoms with Crippen molar-refractivity contribution in [1.29, 1.82) is 0 Å². The van der Waals surface area contributed by atoms with Gasteiger partial charge in [-0.3, -0.25) is 0 Å². The summed E-state index contributed by atoms with van der Waals surface area (Å²) in [6.45, 7) is 1.69. The lowest BCUT2D eigenvalue weighted by atomic mass is 10.1. The van der Waals surface area contributed by atoms with Crippen molar-refractivity contribution < 1.29 is 22.3 Å². The number of hydrogen-bond acceptors (Lipinski definition) is 3. The van der Waals surface area contributed by atoms with Crippen LogP contribution in [-0.4, -0.2) is 13.1 Å². The summed E-state index contributed by atoms with van der Waals surface area (Å²) in [6.07, 6.45) is -0.859. The molecular weight excluding hydrogens is 295 g/mol. The molecule has 2 aromatic rings. The minimum absolute atomic E-state index is 0.194. The largest absolute Gasteiger partial charge is 0.483 e. The zero-order valence-electron chi connectivity index (χ0n) is 11.9. The van der Waals surface area contributed by atoms with Crippen LogP contribution in [0.5, 0.6) is 5.75 Å². The molecule has 6 heteroatoms. The predicted octanol–water partition coefficient (Wildman–Crippen LogP) is 4.48. The SMILES string of the molecule is FC(F)(F)c1ccc(OCc2ccco2)c(N2CCCC2)c1. The van der Waals surface area contributed by atoms with E-state index >= 15 is 0 Å². The third kappa shape index (κ3) is 3.21. The van der Waals surface area contributed by atoms with Gasteiger partial charge >= 0.3 is 6.18 Å². The fourth-order valence-electron chi connectivity index (χ4n) is 2.56. The average Bonchev–Trinajstić information content (AvgIpc) is 3.17. The second kappa shape index (κ2) is 5.94. The molecule has 1 aliphatic rings. The quantitative estimate of drug-likeness (QED) is 0.832. The van der Waals surface area contributed by atoms with E-state index in [-0.39, 0.29) is 6.61 Å². The van der Waals surface area contributed by atoms with Crippen LogP contribution in [0.1, 0.15) is 24.2 Å². The van der Waals surface area contributed by atoms with Gasteiger partial charge in [0.05, 0.1) is 17.5 Å². The summed E-state index contributed by atoms with van der Waals surface area (Å²) in [5.74, 6) is 1.08. The van der Waals surface area contributed by atoms with Gasteiger partial charge in [-0.15, -0.1) is 0 Å². The summed E-state index contributed by atoms with van der Waals surface area (Å²) < 4.78 is 49.6. The van der Waals surface area contributed by atoms with Crippen LogP contribution >= 0.6 is 0 Å². The van der Waals surface area contributed by atoms with Crippen molar-refractivity contribution >= 4 is 5.69 Å². The molecule has 118 valence electrons. The topological polar surface area (TPSA) is 25.6 Å². The van der Waals surface area contributed by atoms with Crippen LogP contribution in [0, 0.1) is 0 Å². The molecule has 1 fully saturated rings. The summed E-state index contributed by atoms with van der Waals surface area (Å²) in [7, 11) is 0. The Labute approximate surface area is 126 Å². The van der Waals surface area contributed by atoms with Crippen LogP contribution < -0.4 is 9.64 Å². The normalized spacial score (nSPS) is 15.3. The van der Waals surface area contributed by atoms with Gasteiger partial charge in [-0.05, 0) is 43.2 Å². The molecule has 1 saturated heterocycles. The number of furan rings is 1. The van der Waals surface area contributed by atoms with Gasteiger partial charge in [0.2, 0.25) is 0 Å². The average molecular weight is 311 g/mol. The Morgan fingerprint density at radius 1 is 1.14 bits per heavy atom. The molecular formula is C16H16F3NO2. The zero-order chi connectivity index (χ0) is 15.6. The minimum Gasteiger partial charge on any atom is -0.483 e. The summed E-state index contributed by atoms with van der Waals surface area (Å²) in [5.41, 5.74) is -0.154. The van der Waals surface area contributed by atoms with Crippen molar-refractivity contribution in [2.75, 3.05) is 18.0 Å². The molecule has 0 aliphatic carbocycles. The molecule has 3 nitrogen and oxygen atoms in total. The first-order valence-corrected chi connectivity index (χ1v) is 7.15. The van der Waals surface area contributed by atoms with Crippen molar-refractivity contribution in [2.24, 2.45) is 0 Å². The van der Waals surface area contributed by atoms with Crippen LogP contribution in [0.3, 0.4) is 0 Å². The lowest BCUT2D eigenvalue weighted by molar-refractivity contribution is -0.137. The molecule has 0 radical (unpaired) electrons. The van der Waals surface area contributed by atoms with E-state index in [4.69, 9.17) is 9.15 Å². The predicted molar refractivity (Wildman–Crippen MR) is 75.9 cm³/mol. The van der Waals surface area contributed by atoms with Crippen molar-refractivity contribution in [3.8, 4) is 5.75 Å². The molecule has 1 aromatic heterocycles. The van der Waals surface area contributed by atoms with Crippen molar-refractivity contribution in [2.45, 2.75) is 25.6 Å². The molecule has 0 unspecified atom stereocenters. The van der Waals surface area contributed by atoms with Gasteiger partial charge in [-0.1, -0.05) is 0 Å². The Kier molecular flexibility index (Phi) is 4.00. The third-order valence-corrected chi connectivity index (χ3v) is 3.68. The summed E-state index contributed by atoms with van der Waals surface area (Å²) >= 11 is 0. The van der Waals surface area contributed by atoms with E-state index in [2.05, 4.69) is 0 Å². The molecule has 0 amide bonds. The number of rotatable bonds is 4. The van der Waals surface area contributed by atoms with Crippen molar-refractivity contribution in [3.63, 3.8) is 0 Å². The van der Waals surface area contributed by atoms with Crippen LogP contribution in [-0.2, 0) is 12.8 Å². The number of alkyl halides is 3. The fraction of sp³-hybridized carbons (Fsp3) is 0.375. The Bertz CT molecular complexity index is 617. The highest BCUT2D eigenvalue weighted by molar-refractivity contribution is 5.61. The number of nitrogens with zero attached hydrogens (tertiary/aromatic N) is 1. The van der Waals surface area contributed by atoms with Gasteiger partial charge in [0.15, 0.2) is 0 Å². The van der Waals surface area contributed by atoms with Gasteiger partial charge in [-0.25, -0.2) is 0 Å². The maximum atomic E-state index is 12.9. The lowest BCUT2D eigenvalue weighted by Gasteiger charge is -2.22. The van der Waals surface area contributed by atoms with Crippen molar-refractivity contribution in [3.05, 3.63) is 47.9 Å². The fourth-order valence-corrected chi connectivity index (χ4v) is 2.56. The Hall–Kier alpha value is -2.11. The Morgan fingerprint density at radius 2 is 1.91 bits per heavy atom. The van der Waals surface area contributed by atoms with Crippen molar-refractivity contribution in [1.82, 2.24) is 0 Å². The summed E-state index contributed by atoms with van der Waals surface area (Å²) in [6, 6.07) is 7.12. The number of hydrogen-bond donors (Lipinski definition) is 0. The number of ether oxygens (including phenoxy) is 1. The summed E-state index contributed by atoms with van der Waals surface area (Å²) in [4.78, 5) is 1.94. The molecule has 0 spiro atoms. The van der Waals surface area contributed by atoms with E-state index < -0.39 is 11.7 Å². The molecule has 3 rings (SSSR count). The molecule has 0 saturated carbocycles. The lowest BCUT2D eigenvalue weighted by Crippen LogP contribution is -2.19. The minimum atomic E-state index is -4.35. The van der Waals surface area contributed by atoms with Crippen LogP contribution in [0.15, 0.2) is 41.0 Å². The second-order valence-corrected chi connectivity index (χ2v) is 5.24. The summed E-state index contributed by atoms with van der Waals surface area (Å²) in [5, 5.41) is 0. The van der Waals surface area contributed by atoms with Gasteiger partial charge in [0.1, 0.15) is 18.1 Å². The second-order valence-electron chi connectivity index (χ2n) is 5.24. The Balaban J connectivity index is 1.86. The van der Waals surface area contributed by atoms with Crippen LogP contribution in [0.2, 0.25) is 0 Å². The third-order valence-electron chi connectivity index (χ3n) is 3.68. The van der Waals surface area contributed by atoms with E-state index in [0.29, 0.717) is 17.2 Å². The highest BCUT2D eigenvalue weighted by Crippen LogP contribution is 2.38.